The highest BCUT2D eigenvalue weighted by Gasteiger charge is 2.19. The van der Waals surface area contributed by atoms with Crippen LogP contribution in [0.1, 0.15) is 11.3 Å². The van der Waals surface area contributed by atoms with Crippen molar-refractivity contribution in [3.05, 3.63) is 89.3 Å². The van der Waals surface area contributed by atoms with Crippen LogP contribution >= 0.6 is 22.9 Å². The van der Waals surface area contributed by atoms with Crippen LogP contribution in [0.3, 0.4) is 0 Å². The molecule has 0 saturated heterocycles. The van der Waals surface area contributed by atoms with E-state index in [-0.39, 0.29) is 5.91 Å². The fourth-order valence-corrected chi connectivity index (χ4v) is 3.80. The maximum Gasteiger partial charge on any atom is 0.253 e. The van der Waals surface area contributed by atoms with Gasteiger partial charge in [0.15, 0.2) is 5.13 Å². The molecule has 0 spiro atoms. The van der Waals surface area contributed by atoms with E-state index in [1.165, 1.54) is 17.4 Å². The number of thiazole rings is 1. The van der Waals surface area contributed by atoms with Crippen LogP contribution in [-0.2, 0) is 11.3 Å². The molecule has 0 radical (unpaired) electrons. The number of nitrogens with zero attached hydrogens (tertiary/aromatic N) is 2. The summed E-state index contributed by atoms with van der Waals surface area (Å²) in [7, 11) is 0. The first-order valence-corrected chi connectivity index (χ1v) is 9.52. The van der Waals surface area contributed by atoms with Crippen molar-refractivity contribution in [2.75, 3.05) is 4.90 Å². The summed E-state index contributed by atoms with van der Waals surface area (Å²) in [6, 6.07) is 18.8. The van der Waals surface area contributed by atoms with Crippen molar-refractivity contribution in [1.82, 2.24) is 4.98 Å². The molecule has 0 aliphatic heterocycles. The SMILES string of the molecule is O=C(/C=C/c1ccccc1Cl)N(Cc1ccco1)c1nc2ccccc2s1. The molecule has 0 saturated carbocycles. The van der Waals surface area contributed by atoms with Gasteiger partial charge in [-0.25, -0.2) is 4.98 Å². The molecular formula is C21H15ClN2O2S. The molecule has 4 nitrogen and oxygen atoms in total. The standard InChI is InChI=1S/C21H15ClN2O2S/c22-17-8-2-1-6-15(17)11-12-20(25)24(14-16-7-5-13-26-16)21-23-18-9-3-4-10-19(18)27-21/h1-13H,14H2/b12-11+. The Kier molecular flexibility index (Phi) is 5.05. The molecule has 134 valence electrons. The number of anilines is 1. The lowest BCUT2D eigenvalue weighted by Crippen LogP contribution is -2.28. The minimum Gasteiger partial charge on any atom is -0.467 e. The Hall–Kier alpha value is -2.89. The van der Waals surface area contributed by atoms with Crippen LogP contribution in [-0.4, -0.2) is 10.9 Å². The van der Waals surface area contributed by atoms with Crippen LogP contribution in [0, 0.1) is 0 Å². The van der Waals surface area contributed by atoms with E-state index in [9.17, 15) is 4.79 Å². The maximum absolute atomic E-state index is 13.0. The fraction of sp³-hybridized carbons (Fsp3) is 0.0476. The molecule has 0 aliphatic carbocycles. The lowest BCUT2D eigenvalue weighted by Gasteiger charge is -2.16. The second kappa shape index (κ2) is 7.78. The lowest BCUT2D eigenvalue weighted by atomic mass is 10.2. The van der Waals surface area contributed by atoms with E-state index in [2.05, 4.69) is 4.98 Å². The van der Waals surface area contributed by atoms with Gasteiger partial charge in [0.1, 0.15) is 5.76 Å². The number of hydrogen-bond acceptors (Lipinski definition) is 4. The van der Waals surface area contributed by atoms with Crippen molar-refractivity contribution in [1.29, 1.82) is 0 Å². The fourth-order valence-electron chi connectivity index (χ4n) is 2.63. The Morgan fingerprint density at radius 2 is 1.93 bits per heavy atom. The zero-order valence-corrected chi connectivity index (χ0v) is 15.8. The Bertz CT molecular complexity index is 1070. The Balaban J connectivity index is 1.66. The van der Waals surface area contributed by atoms with Gasteiger partial charge in [0, 0.05) is 11.1 Å². The number of aromatic nitrogens is 1. The number of para-hydroxylation sites is 1. The molecule has 4 aromatic rings. The van der Waals surface area contributed by atoms with E-state index in [1.54, 1.807) is 29.4 Å². The lowest BCUT2D eigenvalue weighted by molar-refractivity contribution is -0.114. The van der Waals surface area contributed by atoms with Crippen molar-refractivity contribution in [2.24, 2.45) is 0 Å². The number of halogens is 1. The minimum atomic E-state index is -0.189. The highest BCUT2D eigenvalue weighted by molar-refractivity contribution is 7.22. The van der Waals surface area contributed by atoms with Gasteiger partial charge in [-0.3, -0.25) is 9.69 Å². The van der Waals surface area contributed by atoms with Crippen LogP contribution < -0.4 is 4.90 Å². The van der Waals surface area contributed by atoms with E-state index in [1.807, 2.05) is 48.5 Å². The molecule has 1 amide bonds. The summed E-state index contributed by atoms with van der Waals surface area (Å²) < 4.78 is 6.46. The quantitative estimate of drug-likeness (QED) is 0.402. The average molecular weight is 395 g/mol. The molecular weight excluding hydrogens is 380 g/mol. The maximum atomic E-state index is 13.0. The molecule has 4 rings (SSSR count). The van der Waals surface area contributed by atoms with Crippen molar-refractivity contribution in [3.8, 4) is 0 Å². The van der Waals surface area contributed by atoms with Crippen LogP contribution in [0.25, 0.3) is 16.3 Å². The minimum absolute atomic E-state index is 0.189. The van der Waals surface area contributed by atoms with E-state index < -0.39 is 0 Å². The summed E-state index contributed by atoms with van der Waals surface area (Å²) in [4.78, 5) is 19.2. The largest absolute Gasteiger partial charge is 0.467 e. The van der Waals surface area contributed by atoms with Crippen molar-refractivity contribution in [2.45, 2.75) is 6.54 Å². The molecule has 0 atom stereocenters. The first-order valence-electron chi connectivity index (χ1n) is 8.33. The third-order valence-electron chi connectivity index (χ3n) is 3.98. The topological polar surface area (TPSA) is 46.3 Å². The van der Waals surface area contributed by atoms with Gasteiger partial charge in [-0.15, -0.1) is 0 Å². The highest BCUT2D eigenvalue weighted by atomic mass is 35.5. The van der Waals surface area contributed by atoms with Gasteiger partial charge >= 0.3 is 0 Å². The average Bonchev–Trinajstić information content (AvgIpc) is 3.34. The molecule has 2 heterocycles. The van der Waals surface area contributed by atoms with Crippen molar-refractivity contribution in [3.63, 3.8) is 0 Å². The third kappa shape index (κ3) is 3.94. The number of carbonyl (C=O) groups is 1. The van der Waals surface area contributed by atoms with Crippen molar-refractivity contribution >= 4 is 50.3 Å². The van der Waals surface area contributed by atoms with E-state index >= 15 is 0 Å². The number of benzene rings is 2. The molecule has 0 bridgehead atoms. The zero-order valence-electron chi connectivity index (χ0n) is 14.2. The van der Waals surface area contributed by atoms with E-state index in [0.29, 0.717) is 22.5 Å². The molecule has 6 heteroatoms. The molecule has 0 fully saturated rings. The summed E-state index contributed by atoms with van der Waals surface area (Å²) in [5.74, 6) is 0.499. The van der Waals surface area contributed by atoms with Gasteiger partial charge in [0.2, 0.25) is 0 Å². The number of fused-ring (bicyclic) bond motifs is 1. The molecule has 27 heavy (non-hydrogen) atoms. The Morgan fingerprint density at radius 1 is 1.11 bits per heavy atom. The predicted octanol–water partition coefficient (Wildman–Crippen LogP) is 5.79. The Morgan fingerprint density at radius 3 is 2.70 bits per heavy atom. The first kappa shape index (κ1) is 17.5. The first-order chi connectivity index (χ1) is 13.2. The van der Waals surface area contributed by atoms with Gasteiger partial charge < -0.3 is 4.42 Å². The number of hydrogen-bond donors (Lipinski definition) is 0. The van der Waals surface area contributed by atoms with Crippen LogP contribution in [0.2, 0.25) is 5.02 Å². The summed E-state index contributed by atoms with van der Waals surface area (Å²) in [6.45, 7) is 0.304. The molecule has 0 unspecified atom stereocenters. The monoisotopic (exact) mass is 394 g/mol. The zero-order chi connectivity index (χ0) is 18.6. The summed E-state index contributed by atoms with van der Waals surface area (Å²) in [6.07, 6.45) is 4.82. The van der Waals surface area contributed by atoms with Crippen LogP contribution in [0.15, 0.2) is 77.4 Å². The normalized spacial score (nSPS) is 11.3. The second-order valence-corrected chi connectivity index (χ2v) is 7.24. The molecule has 0 N–H and O–H groups in total. The summed E-state index contributed by atoms with van der Waals surface area (Å²) in [5.41, 5.74) is 1.65. The van der Waals surface area contributed by atoms with Gasteiger partial charge in [-0.05, 0) is 42.0 Å². The number of carbonyl (C=O) groups excluding carboxylic acids is 1. The Labute approximate surface area is 165 Å². The third-order valence-corrected chi connectivity index (χ3v) is 5.39. The number of rotatable bonds is 5. The molecule has 0 aliphatic rings. The molecule has 2 aromatic heterocycles. The van der Waals surface area contributed by atoms with Gasteiger partial charge in [-0.1, -0.05) is 53.3 Å². The van der Waals surface area contributed by atoms with Crippen molar-refractivity contribution < 1.29 is 9.21 Å². The highest BCUT2D eigenvalue weighted by Crippen LogP contribution is 2.30. The van der Waals surface area contributed by atoms with Crippen LogP contribution in [0.4, 0.5) is 5.13 Å². The van der Waals surface area contributed by atoms with Gasteiger partial charge in [0.05, 0.1) is 23.0 Å². The summed E-state index contributed by atoms with van der Waals surface area (Å²) >= 11 is 7.64. The second-order valence-electron chi connectivity index (χ2n) is 5.82. The van der Waals surface area contributed by atoms with Crippen LogP contribution in [0.5, 0.6) is 0 Å². The smallest absolute Gasteiger partial charge is 0.253 e. The van der Waals surface area contributed by atoms with E-state index in [4.69, 9.17) is 16.0 Å². The number of furan rings is 1. The van der Waals surface area contributed by atoms with Gasteiger partial charge in [0.25, 0.3) is 5.91 Å². The number of amides is 1. The molecule has 2 aromatic carbocycles. The summed E-state index contributed by atoms with van der Waals surface area (Å²) in [5, 5.41) is 1.22. The van der Waals surface area contributed by atoms with Gasteiger partial charge in [-0.2, -0.15) is 0 Å². The van der Waals surface area contributed by atoms with E-state index in [0.717, 1.165) is 15.8 Å². The predicted molar refractivity (Wildman–Crippen MR) is 110 cm³/mol.